The van der Waals surface area contributed by atoms with E-state index in [1.54, 1.807) is 0 Å². The van der Waals surface area contributed by atoms with Gasteiger partial charge in [0.15, 0.2) is 0 Å². The standard InChI is InChI=1S/C15H23N3O/c1-4-19-15-7-14(6-5-13(15)8-16)18-10-11(2)17-9-12(18)3/h5-8,11-12,16-17H,4,9-10H2,1-3H3/t11-,12+/m1/s1. The second-order valence-corrected chi connectivity index (χ2v) is 5.11. The largest absolute Gasteiger partial charge is 0.493 e. The van der Waals surface area contributed by atoms with Gasteiger partial charge in [-0.3, -0.25) is 0 Å². The average molecular weight is 261 g/mol. The van der Waals surface area contributed by atoms with Crippen molar-refractivity contribution in [1.29, 1.82) is 5.41 Å². The van der Waals surface area contributed by atoms with Gasteiger partial charge in [-0.1, -0.05) is 0 Å². The summed E-state index contributed by atoms with van der Waals surface area (Å²) >= 11 is 0. The summed E-state index contributed by atoms with van der Waals surface area (Å²) in [7, 11) is 0. The summed E-state index contributed by atoms with van der Waals surface area (Å²) in [5.41, 5.74) is 2.01. The van der Waals surface area contributed by atoms with Gasteiger partial charge in [0.2, 0.25) is 0 Å². The van der Waals surface area contributed by atoms with Crippen molar-refractivity contribution >= 4 is 11.9 Å². The Morgan fingerprint density at radius 1 is 1.47 bits per heavy atom. The van der Waals surface area contributed by atoms with Gasteiger partial charge in [0.25, 0.3) is 0 Å². The molecule has 2 atom stereocenters. The Bertz CT molecular complexity index is 447. The molecule has 0 amide bonds. The third-order valence-corrected chi connectivity index (χ3v) is 3.55. The van der Waals surface area contributed by atoms with E-state index < -0.39 is 0 Å². The Morgan fingerprint density at radius 2 is 2.26 bits per heavy atom. The van der Waals surface area contributed by atoms with Crippen molar-refractivity contribution in [2.24, 2.45) is 0 Å². The van der Waals surface area contributed by atoms with E-state index in [1.807, 2.05) is 13.0 Å². The van der Waals surface area contributed by atoms with E-state index in [4.69, 9.17) is 10.1 Å². The highest BCUT2D eigenvalue weighted by atomic mass is 16.5. The normalized spacial score (nSPS) is 23.2. The maximum atomic E-state index is 7.42. The third kappa shape index (κ3) is 3.07. The van der Waals surface area contributed by atoms with Crippen molar-refractivity contribution in [2.75, 3.05) is 24.6 Å². The van der Waals surface area contributed by atoms with Crippen molar-refractivity contribution in [3.63, 3.8) is 0 Å². The molecule has 1 fully saturated rings. The molecule has 0 aromatic heterocycles. The summed E-state index contributed by atoms with van der Waals surface area (Å²) in [5.74, 6) is 0.799. The molecule has 1 heterocycles. The molecule has 1 aromatic carbocycles. The highest BCUT2D eigenvalue weighted by Gasteiger charge is 2.23. The zero-order valence-electron chi connectivity index (χ0n) is 11.9. The first-order valence-electron chi connectivity index (χ1n) is 6.93. The summed E-state index contributed by atoms with van der Waals surface area (Å²) in [6.45, 7) is 9.01. The Hall–Kier alpha value is -1.55. The molecule has 0 unspecified atom stereocenters. The molecular weight excluding hydrogens is 238 g/mol. The monoisotopic (exact) mass is 261 g/mol. The van der Waals surface area contributed by atoms with Crippen molar-refractivity contribution in [3.8, 4) is 5.75 Å². The fourth-order valence-corrected chi connectivity index (χ4v) is 2.48. The number of hydrogen-bond donors (Lipinski definition) is 2. The van der Waals surface area contributed by atoms with Gasteiger partial charge in [-0.15, -0.1) is 0 Å². The maximum Gasteiger partial charge on any atom is 0.130 e. The Labute approximate surface area is 115 Å². The zero-order chi connectivity index (χ0) is 13.8. The van der Waals surface area contributed by atoms with Crippen LogP contribution in [0, 0.1) is 5.41 Å². The van der Waals surface area contributed by atoms with Gasteiger partial charge in [0.05, 0.1) is 6.61 Å². The third-order valence-electron chi connectivity index (χ3n) is 3.55. The van der Waals surface area contributed by atoms with E-state index in [2.05, 4.69) is 36.2 Å². The summed E-state index contributed by atoms with van der Waals surface area (Å²) in [5, 5.41) is 10.9. The number of benzene rings is 1. The lowest BCUT2D eigenvalue weighted by Crippen LogP contribution is -2.54. The number of nitrogens with zero attached hydrogens (tertiary/aromatic N) is 1. The van der Waals surface area contributed by atoms with Crippen molar-refractivity contribution < 1.29 is 4.74 Å². The lowest BCUT2D eigenvalue weighted by Gasteiger charge is -2.39. The second-order valence-electron chi connectivity index (χ2n) is 5.11. The van der Waals surface area contributed by atoms with Gasteiger partial charge in [-0.25, -0.2) is 0 Å². The predicted octanol–water partition coefficient (Wildman–Crippen LogP) is 2.27. The molecule has 1 aliphatic heterocycles. The first-order valence-corrected chi connectivity index (χ1v) is 6.93. The number of nitrogens with one attached hydrogen (secondary N) is 2. The average Bonchev–Trinajstić information content (AvgIpc) is 2.42. The van der Waals surface area contributed by atoms with E-state index in [1.165, 1.54) is 11.9 Å². The fourth-order valence-electron chi connectivity index (χ4n) is 2.48. The Kier molecular flexibility index (Phi) is 4.43. The number of hydrogen-bond acceptors (Lipinski definition) is 4. The SMILES string of the molecule is CCOc1cc(N2C[C@@H](C)NC[C@@H]2C)ccc1C=N. The number of piperazine rings is 1. The summed E-state index contributed by atoms with van der Waals surface area (Å²) in [6, 6.07) is 7.06. The minimum atomic E-state index is 0.469. The van der Waals surface area contributed by atoms with Crippen LogP contribution in [-0.2, 0) is 0 Å². The predicted molar refractivity (Wildman–Crippen MR) is 79.8 cm³/mol. The Balaban J connectivity index is 2.28. The van der Waals surface area contributed by atoms with E-state index in [0.717, 1.165) is 24.4 Å². The molecule has 1 aromatic rings. The molecule has 1 saturated heterocycles. The van der Waals surface area contributed by atoms with Gasteiger partial charge in [-0.2, -0.15) is 0 Å². The molecule has 2 N–H and O–H groups in total. The number of ether oxygens (including phenoxy) is 1. The number of anilines is 1. The molecule has 2 rings (SSSR count). The van der Waals surface area contributed by atoms with E-state index >= 15 is 0 Å². The molecule has 104 valence electrons. The van der Waals surface area contributed by atoms with Crippen LogP contribution >= 0.6 is 0 Å². The zero-order valence-corrected chi connectivity index (χ0v) is 11.9. The van der Waals surface area contributed by atoms with E-state index in [-0.39, 0.29) is 0 Å². The second kappa shape index (κ2) is 6.06. The fraction of sp³-hybridized carbons (Fsp3) is 0.533. The minimum Gasteiger partial charge on any atom is -0.493 e. The molecule has 0 radical (unpaired) electrons. The van der Waals surface area contributed by atoms with Crippen LogP contribution in [0.3, 0.4) is 0 Å². The van der Waals surface area contributed by atoms with Crippen LogP contribution in [0.2, 0.25) is 0 Å². The molecule has 0 bridgehead atoms. The lowest BCUT2D eigenvalue weighted by atomic mass is 10.1. The quantitative estimate of drug-likeness (QED) is 0.817. The first-order chi connectivity index (χ1) is 9.15. The minimum absolute atomic E-state index is 0.469. The molecule has 1 aliphatic rings. The van der Waals surface area contributed by atoms with Crippen LogP contribution in [0.4, 0.5) is 5.69 Å². The molecule has 4 heteroatoms. The summed E-state index contributed by atoms with van der Waals surface area (Å²) < 4.78 is 5.63. The van der Waals surface area contributed by atoms with Gasteiger partial charge in [-0.05, 0) is 32.9 Å². The van der Waals surface area contributed by atoms with Crippen LogP contribution in [-0.4, -0.2) is 38.0 Å². The van der Waals surface area contributed by atoms with Gasteiger partial charge < -0.3 is 20.4 Å². The Morgan fingerprint density at radius 3 is 2.95 bits per heavy atom. The van der Waals surface area contributed by atoms with Crippen LogP contribution < -0.4 is 15.0 Å². The van der Waals surface area contributed by atoms with Crippen molar-refractivity contribution in [3.05, 3.63) is 23.8 Å². The topological polar surface area (TPSA) is 48.4 Å². The van der Waals surface area contributed by atoms with E-state index in [9.17, 15) is 0 Å². The van der Waals surface area contributed by atoms with Crippen LogP contribution in [0.5, 0.6) is 5.75 Å². The smallest absolute Gasteiger partial charge is 0.130 e. The molecule has 0 aliphatic carbocycles. The van der Waals surface area contributed by atoms with Crippen LogP contribution in [0.25, 0.3) is 0 Å². The van der Waals surface area contributed by atoms with Crippen LogP contribution in [0.15, 0.2) is 18.2 Å². The van der Waals surface area contributed by atoms with Gasteiger partial charge in [0.1, 0.15) is 5.75 Å². The van der Waals surface area contributed by atoms with Crippen molar-refractivity contribution in [2.45, 2.75) is 32.9 Å². The van der Waals surface area contributed by atoms with Crippen LogP contribution in [0.1, 0.15) is 26.3 Å². The summed E-state index contributed by atoms with van der Waals surface area (Å²) in [6.07, 6.45) is 1.35. The van der Waals surface area contributed by atoms with E-state index in [0.29, 0.717) is 18.7 Å². The lowest BCUT2D eigenvalue weighted by molar-refractivity contribution is 0.339. The molecule has 4 nitrogen and oxygen atoms in total. The summed E-state index contributed by atoms with van der Waals surface area (Å²) in [4.78, 5) is 2.40. The molecular formula is C15H23N3O. The molecule has 0 spiro atoms. The number of rotatable bonds is 4. The van der Waals surface area contributed by atoms with Gasteiger partial charge in [0, 0.05) is 48.7 Å². The van der Waals surface area contributed by atoms with Crippen molar-refractivity contribution in [1.82, 2.24) is 5.32 Å². The first kappa shape index (κ1) is 13.9. The van der Waals surface area contributed by atoms with Gasteiger partial charge >= 0.3 is 0 Å². The molecule has 0 saturated carbocycles. The highest BCUT2D eigenvalue weighted by Crippen LogP contribution is 2.27. The maximum absolute atomic E-state index is 7.42. The molecule has 19 heavy (non-hydrogen) atoms. The highest BCUT2D eigenvalue weighted by molar-refractivity contribution is 5.82.